The molecule has 0 atom stereocenters. The Kier molecular flexibility index (Phi) is 2.65. The van der Waals surface area contributed by atoms with E-state index in [2.05, 4.69) is 17.1 Å². The second kappa shape index (κ2) is 3.94. The minimum Gasteiger partial charge on any atom is -0.375 e. The third kappa shape index (κ3) is 1.71. The highest BCUT2D eigenvalue weighted by molar-refractivity contribution is 7.22. The lowest BCUT2D eigenvalue weighted by atomic mass is 10.1. The minimum atomic E-state index is 0.639. The Morgan fingerprint density at radius 2 is 2.21 bits per heavy atom. The van der Waals surface area contributed by atoms with Crippen LogP contribution in [0.5, 0.6) is 0 Å². The average Bonchev–Trinajstić information content (AvgIpc) is 2.55. The van der Waals surface area contributed by atoms with Crippen LogP contribution >= 0.6 is 11.3 Å². The molecule has 0 amide bonds. The van der Waals surface area contributed by atoms with Crippen LogP contribution < -0.4 is 11.5 Å². The van der Waals surface area contributed by atoms with Crippen molar-refractivity contribution in [2.75, 3.05) is 12.3 Å². The number of aryl methyl sites for hydroxylation is 1. The summed E-state index contributed by atoms with van der Waals surface area (Å²) in [7, 11) is 0. The molecule has 0 saturated carbocycles. The Hall–Kier alpha value is -1.13. The van der Waals surface area contributed by atoms with Gasteiger partial charge in [0.15, 0.2) is 5.13 Å². The molecule has 0 saturated heterocycles. The maximum atomic E-state index is 5.67. The van der Waals surface area contributed by atoms with Gasteiger partial charge in [-0.2, -0.15) is 0 Å². The summed E-state index contributed by atoms with van der Waals surface area (Å²) in [6.45, 7) is 0.718. The second-order valence-electron chi connectivity index (χ2n) is 3.21. The van der Waals surface area contributed by atoms with E-state index in [0.717, 1.165) is 29.6 Å². The van der Waals surface area contributed by atoms with Crippen molar-refractivity contribution in [3.63, 3.8) is 0 Å². The van der Waals surface area contributed by atoms with E-state index in [9.17, 15) is 0 Å². The first kappa shape index (κ1) is 9.43. The maximum Gasteiger partial charge on any atom is 0.181 e. The van der Waals surface area contributed by atoms with Crippen molar-refractivity contribution >= 4 is 26.7 Å². The van der Waals surface area contributed by atoms with E-state index in [1.165, 1.54) is 16.9 Å². The number of fused-ring (bicyclic) bond motifs is 1. The summed E-state index contributed by atoms with van der Waals surface area (Å²) in [6.07, 6.45) is 1.98. The summed E-state index contributed by atoms with van der Waals surface area (Å²) >= 11 is 1.54. The Labute approximate surface area is 86.7 Å². The zero-order valence-electron chi connectivity index (χ0n) is 7.86. The number of nitrogens with two attached hydrogens (primary N) is 2. The Morgan fingerprint density at radius 3 is 3.00 bits per heavy atom. The van der Waals surface area contributed by atoms with Gasteiger partial charge in [-0.05, 0) is 31.0 Å². The van der Waals surface area contributed by atoms with Gasteiger partial charge in [-0.15, -0.1) is 0 Å². The van der Waals surface area contributed by atoms with E-state index in [1.54, 1.807) is 0 Å². The molecule has 4 N–H and O–H groups in total. The van der Waals surface area contributed by atoms with E-state index < -0.39 is 0 Å². The molecule has 3 nitrogen and oxygen atoms in total. The number of rotatable bonds is 3. The van der Waals surface area contributed by atoms with Crippen molar-refractivity contribution in [2.24, 2.45) is 5.73 Å². The molecule has 2 aromatic rings. The smallest absolute Gasteiger partial charge is 0.181 e. The molecule has 0 fully saturated rings. The van der Waals surface area contributed by atoms with Crippen LogP contribution in [0, 0.1) is 0 Å². The van der Waals surface area contributed by atoms with Gasteiger partial charge in [0.2, 0.25) is 0 Å². The zero-order valence-corrected chi connectivity index (χ0v) is 8.68. The first-order valence-electron chi connectivity index (χ1n) is 4.65. The molecule has 1 heterocycles. The van der Waals surface area contributed by atoms with Gasteiger partial charge >= 0.3 is 0 Å². The van der Waals surface area contributed by atoms with E-state index >= 15 is 0 Å². The summed E-state index contributed by atoms with van der Waals surface area (Å²) in [5.74, 6) is 0. The van der Waals surface area contributed by atoms with Gasteiger partial charge in [0.05, 0.1) is 10.2 Å². The number of anilines is 1. The Bertz CT molecular complexity index is 436. The lowest BCUT2D eigenvalue weighted by Gasteiger charge is -1.99. The summed E-state index contributed by atoms with van der Waals surface area (Å²) < 4.78 is 1.16. The predicted octanol–water partition coefficient (Wildman–Crippen LogP) is 1.77. The molecule has 2 rings (SSSR count). The van der Waals surface area contributed by atoms with Gasteiger partial charge in [0.25, 0.3) is 0 Å². The molecule has 0 unspecified atom stereocenters. The molecule has 0 spiro atoms. The summed E-state index contributed by atoms with van der Waals surface area (Å²) in [5.41, 5.74) is 13.4. The molecule has 14 heavy (non-hydrogen) atoms. The van der Waals surface area contributed by atoms with E-state index in [0.29, 0.717) is 5.13 Å². The highest BCUT2D eigenvalue weighted by atomic mass is 32.1. The van der Waals surface area contributed by atoms with Crippen molar-refractivity contribution in [3.8, 4) is 0 Å². The van der Waals surface area contributed by atoms with Crippen molar-refractivity contribution in [1.29, 1.82) is 0 Å². The molecule has 0 aliphatic carbocycles. The molecular formula is C10H13N3S. The molecule has 0 bridgehead atoms. The first-order chi connectivity index (χ1) is 6.81. The monoisotopic (exact) mass is 207 g/mol. The first-order valence-corrected chi connectivity index (χ1v) is 5.47. The number of aromatic nitrogens is 1. The summed E-state index contributed by atoms with van der Waals surface area (Å²) in [5, 5.41) is 0.639. The van der Waals surface area contributed by atoms with Crippen molar-refractivity contribution < 1.29 is 0 Å². The molecular weight excluding hydrogens is 194 g/mol. The van der Waals surface area contributed by atoms with Crippen LogP contribution in [0.2, 0.25) is 0 Å². The van der Waals surface area contributed by atoms with Crippen LogP contribution in [-0.4, -0.2) is 11.5 Å². The Morgan fingerprint density at radius 1 is 1.36 bits per heavy atom. The summed E-state index contributed by atoms with van der Waals surface area (Å²) in [4.78, 5) is 4.32. The predicted molar refractivity (Wildman–Crippen MR) is 61.4 cm³/mol. The quantitative estimate of drug-likeness (QED) is 0.806. The molecule has 0 aliphatic rings. The fourth-order valence-electron chi connectivity index (χ4n) is 1.52. The van der Waals surface area contributed by atoms with Gasteiger partial charge in [-0.1, -0.05) is 23.5 Å². The average molecular weight is 207 g/mol. The van der Waals surface area contributed by atoms with Crippen LogP contribution in [0.4, 0.5) is 5.13 Å². The zero-order chi connectivity index (χ0) is 9.97. The van der Waals surface area contributed by atoms with E-state index in [4.69, 9.17) is 11.5 Å². The van der Waals surface area contributed by atoms with Gasteiger partial charge in [-0.25, -0.2) is 4.98 Å². The lowest BCUT2D eigenvalue weighted by molar-refractivity contribution is 0.836. The minimum absolute atomic E-state index is 0.639. The largest absolute Gasteiger partial charge is 0.375 e. The molecule has 4 heteroatoms. The van der Waals surface area contributed by atoms with Crippen LogP contribution in [0.25, 0.3) is 10.2 Å². The van der Waals surface area contributed by atoms with Gasteiger partial charge in [0, 0.05) is 0 Å². The second-order valence-corrected chi connectivity index (χ2v) is 4.27. The Balaban J connectivity index is 2.42. The lowest BCUT2D eigenvalue weighted by Crippen LogP contribution is -2.00. The van der Waals surface area contributed by atoms with Crippen LogP contribution in [0.3, 0.4) is 0 Å². The number of nitrogen functional groups attached to an aromatic ring is 1. The van der Waals surface area contributed by atoms with E-state index in [-0.39, 0.29) is 0 Å². The van der Waals surface area contributed by atoms with Crippen molar-refractivity contribution in [2.45, 2.75) is 12.8 Å². The number of thiazole rings is 1. The molecule has 1 aromatic heterocycles. The highest BCUT2D eigenvalue weighted by Crippen LogP contribution is 2.26. The molecule has 0 radical (unpaired) electrons. The fraction of sp³-hybridized carbons (Fsp3) is 0.300. The van der Waals surface area contributed by atoms with Gasteiger partial charge in [0.1, 0.15) is 0 Å². The normalized spacial score (nSPS) is 10.9. The van der Waals surface area contributed by atoms with Crippen LogP contribution in [0.15, 0.2) is 18.2 Å². The van der Waals surface area contributed by atoms with Gasteiger partial charge in [-0.3, -0.25) is 0 Å². The third-order valence-corrected chi connectivity index (χ3v) is 3.02. The molecule has 74 valence electrons. The number of hydrogen-bond donors (Lipinski definition) is 2. The van der Waals surface area contributed by atoms with Crippen LogP contribution in [0.1, 0.15) is 12.0 Å². The topological polar surface area (TPSA) is 64.9 Å². The molecule has 0 aliphatic heterocycles. The number of hydrogen-bond acceptors (Lipinski definition) is 4. The number of nitrogens with zero attached hydrogens (tertiary/aromatic N) is 1. The van der Waals surface area contributed by atoms with E-state index in [1.807, 2.05) is 6.07 Å². The SMILES string of the molecule is NCCCc1cccc2sc(N)nc12. The van der Waals surface area contributed by atoms with Crippen molar-refractivity contribution in [1.82, 2.24) is 4.98 Å². The number of para-hydroxylation sites is 1. The van der Waals surface area contributed by atoms with Crippen LogP contribution in [-0.2, 0) is 6.42 Å². The fourth-order valence-corrected chi connectivity index (χ4v) is 2.30. The third-order valence-electron chi connectivity index (χ3n) is 2.17. The maximum absolute atomic E-state index is 5.67. The summed E-state index contributed by atoms with van der Waals surface area (Å²) in [6, 6.07) is 6.19. The standard InChI is InChI=1S/C10H13N3S/c11-6-2-4-7-3-1-5-8-9(7)13-10(12)14-8/h1,3,5H,2,4,6,11H2,(H2,12,13). The van der Waals surface area contributed by atoms with Crippen molar-refractivity contribution in [3.05, 3.63) is 23.8 Å². The highest BCUT2D eigenvalue weighted by Gasteiger charge is 2.05. The molecule has 1 aromatic carbocycles. The number of benzene rings is 1. The van der Waals surface area contributed by atoms with Gasteiger partial charge < -0.3 is 11.5 Å².